The van der Waals surface area contributed by atoms with Gasteiger partial charge in [0.05, 0.1) is 17.3 Å². The molecule has 0 radical (unpaired) electrons. The molecule has 0 saturated heterocycles. The van der Waals surface area contributed by atoms with Crippen LogP contribution in [-0.4, -0.2) is 9.97 Å². The Hall–Kier alpha value is -0.740. The van der Waals surface area contributed by atoms with E-state index in [-0.39, 0.29) is 0 Å². The topological polar surface area (TPSA) is 28.7 Å². The third-order valence-corrected chi connectivity index (χ3v) is 4.03. The zero-order valence-corrected chi connectivity index (χ0v) is 11.6. The summed E-state index contributed by atoms with van der Waals surface area (Å²) in [4.78, 5) is 8.72. The number of thioether (sulfide) groups is 1. The van der Waals surface area contributed by atoms with Crippen molar-refractivity contribution in [3.63, 3.8) is 0 Å². The third-order valence-electron chi connectivity index (χ3n) is 2.38. The molecular weight excluding hydrogens is 284 g/mol. The van der Waals surface area contributed by atoms with Crippen LogP contribution in [-0.2, 0) is 0 Å². The van der Waals surface area contributed by atoms with Gasteiger partial charge in [-0.3, -0.25) is 0 Å². The highest BCUT2D eigenvalue weighted by molar-refractivity contribution is 9.10. The standard InChI is InChI=1S/C12H13BrN2S/c1-8-12(15-7-14-8)9(2)16-11-5-3-10(13)4-6-11/h3-7,9H,1-2H3,(H,14,15). The van der Waals surface area contributed by atoms with Gasteiger partial charge in [0.1, 0.15) is 0 Å². The number of rotatable bonds is 3. The maximum Gasteiger partial charge on any atom is 0.0925 e. The van der Waals surface area contributed by atoms with Crippen molar-refractivity contribution in [2.45, 2.75) is 24.0 Å². The molecule has 0 aliphatic heterocycles. The first-order chi connectivity index (χ1) is 7.66. The molecular formula is C12H13BrN2S. The Balaban J connectivity index is 2.10. The summed E-state index contributed by atoms with van der Waals surface area (Å²) in [6.07, 6.45) is 1.75. The van der Waals surface area contributed by atoms with E-state index in [2.05, 4.69) is 64.0 Å². The van der Waals surface area contributed by atoms with Gasteiger partial charge < -0.3 is 4.98 Å². The van der Waals surface area contributed by atoms with Crippen molar-refractivity contribution in [3.05, 3.63) is 46.5 Å². The van der Waals surface area contributed by atoms with E-state index in [1.54, 1.807) is 6.33 Å². The van der Waals surface area contributed by atoms with Gasteiger partial charge in [-0.15, -0.1) is 11.8 Å². The number of aromatic nitrogens is 2. The molecule has 1 aromatic carbocycles. The molecule has 0 aliphatic rings. The van der Waals surface area contributed by atoms with E-state index >= 15 is 0 Å². The van der Waals surface area contributed by atoms with Crippen molar-refractivity contribution in [1.29, 1.82) is 0 Å². The van der Waals surface area contributed by atoms with E-state index in [1.165, 1.54) is 4.90 Å². The Bertz CT molecular complexity index is 464. The van der Waals surface area contributed by atoms with Crippen LogP contribution < -0.4 is 0 Å². The number of imidazole rings is 1. The van der Waals surface area contributed by atoms with Crippen LogP contribution in [0.15, 0.2) is 40.0 Å². The Morgan fingerprint density at radius 1 is 1.31 bits per heavy atom. The van der Waals surface area contributed by atoms with Gasteiger partial charge in [-0.05, 0) is 38.1 Å². The van der Waals surface area contributed by atoms with Crippen molar-refractivity contribution in [2.24, 2.45) is 0 Å². The fourth-order valence-corrected chi connectivity index (χ4v) is 2.87. The van der Waals surface area contributed by atoms with Gasteiger partial charge in [0.25, 0.3) is 0 Å². The molecule has 16 heavy (non-hydrogen) atoms. The lowest BCUT2D eigenvalue weighted by molar-refractivity contribution is 1.01. The molecule has 0 fully saturated rings. The third kappa shape index (κ3) is 2.68. The first-order valence-corrected chi connectivity index (χ1v) is 6.76. The molecule has 1 aromatic heterocycles. The molecule has 0 aliphatic carbocycles. The number of aryl methyl sites for hydroxylation is 1. The number of nitrogens with zero attached hydrogens (tertiary/aromatic N) is 1. The highest BCUT2D eigenvalue weighted by Crippen LogP contribution is 2.35. The number of nitrogens with one attached hydrogen (secondary N) is 1. The first-order valence-electron chi connectivity index (χ1n) is 5.09. The Kier molecular flexibility index (Phi) is 3.71. The highest BCUT2D eigenvalue weighted by atomic mass is 79.9. The molecule has 0 spiro atoms. The Labute approximate surface area is 108 Å². The zero-order valence-electron chi connectivity index (χ0n) is 9.20. The van der Waals surface area contributed by atoms with E-state index in [9.17, 15) is 0 Å². The van der Waals surface area contributed by atoms with Crippen LogP contribution in [0.3, 0.4) is 0 Å². The number of hydrogen-bond donors (Lipinski definition) is 1. The van der Waals surface area contributed by atoms with Crippen LogP contribution >= 0.6 is 27.7 Å². The number of H-pyrrole nitrogens is 1. The molecule has 1 N–H and O–H groups in total. The van der Waals surface area contributed by atoms with Gasteiger partial charge in [0.2, 0.25) is 0 Å². The number of halogens is 1. The number of benzene rings is 1. The summed E-state index contributed by atoms with van der Waals surface area (Å²) in [5.74, 6) is 0. The normalized spacial score (nSPS) is 12.7. The highest BCUT2D eigenvalue weighted by Gasteiger charge is 2.12. The van der Waals surface area contributed by atoms with E-state index in [0.717, 1.165) is 15.9 Å². The lowest BCUT2D eigenvalue weighted by Crippen LogP contribution is -1.91. The van der Waals surface area contributed by atoms with E-state index < -0.39 is 0 Å². The van der Waals surface area contributed by atoms with Crippen LogP contribution in [0.1, 0.15) is 23.6 Å². The van der Waals surface area contributed by atoms with Crippen LogP contribution in [0, 0.1) is 6.92 Å². The molecule has 84 valence electrons. The van der Waals surface area contributed by atoms with Crippen molar-refractivity contribution in [3.8, 4) is 0 Å². The molecule has 2 rings (SSSR count). The molecule has 4 heteroatoms. The summed E-state index contributed by atoms with van der Waals surface area (Å²) >= 11 is 5.26. The SMILES string of the molecule is Cc1[nH]cnc1C(C)Sc1ccc(Br)cc1. The predicted molar refractivity (Wildman–Crippen MR) is 71.7 cm³/mol. The van der Waals surface area contributed by atoms with Crippen LogP contribution in [0.25, 0.3) is 0 Å². The zero-order chi connectivity index (χ0) is 11.5. The van der Waals surface area contributed by atoms with Crippen molar-refractivity contribution >= 4 is 27.7 Å². The Morgan fingerprint density at radius 2 is 2.00 bits per heavy atom. The first kappa shape index (κ1) is 11.7. The average molecular weight is 297 g/mol. The van der Waals surface area contributed by atoms with Crippen LogP contribution in [0.5, 0.6) is 0 Å². The lowest BCUT2D eigenvalue weighted by Gasteiger charge is -2.09. The number of aromatic amines is 1. The molecule has 0 saturated carbocycles. The summed E-state index contributed by atoms with van der Waals surface area (Å²) in [5, 5.41) is 0.368. The minimum Gasteiger partial charge on any atom is -0.348 e. The molecule has 1 atom stereocenters. The average Bonchev–Trinajstić information content (AvgIpc) is 2.68. The van der Waals surface area contributed by atoms with Gasteiger partial charge in [-0.2, -0.15) is 0 Å². The largest absolute Gasteiger partial charge is 0.348 e. The summed E-state index contributed by atoms with van der Waals surface area (Å²) in [6, 6.07) is 8.36. The molecule has 0 amide bonds. The van der Waals surface area contributed by atoms with Crippen LogP contribution in [0.4, 0.5) is 0 Å². The minimum atomic E-state index is 0.368. The second kappa shape index (κ2) is 5.06. The van der Waals surface area contributed by atoms with E-state index in [0.29, 0.717) is 5.25 Å². The van der Waals surface area contributed by atoms with Crippen LogP contribution in [0.2, 0.25) is 0 Å². The molecule has 2 aromatic rings. The quantitative estimate of drug-likeness (QED) is 0.854. The minimum absolute atomic E-state index is 0.368. The molecule has 2 nitrogen and oxygen atoms in total. The maximum absolute atomic E-state index is 4.34. The Morgan fingerprint density at radius 3 is 2.56 bits per heavy atom. The summed E-state index contributed by atoms with van der Waals surface area (Å²) < 4.78 is 1.11. The fourth-order valence-electron chi connectivity index (χ4n) is 1.55. The van der Waals surface area contributed by atoms with E-state index in [4.69, 9.17) is 0 Å². The van der Waals surface area contributed by atoms with Crippen molar-refractivity contribution in [2.75, 3.05) is 0 Å². The summed E-state index contributed by atoms with van der Waals surface area (Å²) in [6.45, 7) is 4.23. The van der Waals surface area contributed by atoms with Gasteiger partial charge in [-0.25, -0.2) is 4.98 Å². The second-order valence-electron chi connectivity index (χ2n) is 3.63. The number of hydrogen-bond acceptors (Lipinski definition) is 2. The fraction of sp³-hybridized carbons (Fsp3) is 0.250. The monoisotopic (exact) mass is 296 g/mol. The maximum atomic E-state index is 4.34. The van der Waals surface area contributed by atoms with E-state index in [1.807, 2.05) is 11.8 Å². The smallest absolute Gasteiger partial charge is 0.0925 e. The molecule has 1 heterocycles. The van der Waals surface area contributed by atoms with Crippen molar-refractivity contribution < 1.29 is 0 Å². The second-order valence-corrected chi connectivity index (χ2v) is 5.96. The molecule has 1 unspecified atom stereocenters. The summed E-state index contributed by atoms with van der Waals surface area (Å²) in [7, 11) is 0. The van der Waals surface area contributed by atoms with Gasteiger partial charge in [-0.1, -0.05) is 15.9 Å². The predicted octanol–water partition coefficient (Wildman–Crippen LogP) is 4.33. The molecule has 0 bridgehead atoms. The van der Waals surface area contributed by atoms with Gasteiger partial charge in [0.15, 0.2) is 0 Å². The van der Waals surface area contributed by atoms with Gasteiger partial charge in [0, 0.05) is 15.1 Å². The summed E-state index contributed by atoms with van der Waals surface area (Å²) in [5.41, 5.74) is 2.28. The van der Waals surface area contributed by atoms with Gasteiger partial charge >= 0.3 is 0 Å². The lowest BCUT2D eigenvalue weighted by atomic mass is 10.3. The van der Waals surface area contributed by atoms with Crippen molar-refractivity contribution in [1.82, 2.24) is 9.97 Å².